The second kappa shape index (κ2) is 8.92. The first kappa shape index (κ1) is 19.9. The quantitative estimate of drug-likeness (QED) is 0.661. The monoisotopic (exact) mass is 395 g/mol. The number of rotatable bonds is 7. The molecule has 8 nitrogen and oxygen atoms in total. The van der Waals surface area contributed by atoms with Gasteiger partial charge in [0.05, 0.1) is 32.7 Å². The summed E-state index contributed by atoms with van der Waals surface area (Å²) in [6, 6.07) is 15.3. The molecule has 1 amide bonds. The molecule has 3 rings (SSSR count). The van der Waals surface area contributed by atoms with E-state index in [0.717, 1.165) is 10.2 Å². The molecule has 0 unspecified atom stereocenters. The number of amides is 1. The minimum Gasteiger partial charge on any atom is -0.497 e. The maximum Gasteiger partial charge on any atom is 0.267 e. The first-order chi connectivity index (χ1) is 14.0. The molecular weight excluding hydrogens is 374 g/mol. The molecule has 1 heterocycles. The van der Waals surface area contributed by atoms with Gasteiger partial charge in [0.15, 0.2) is 0 Å². The van der Waals surface area contributed by atoms with Gasteiger partial charge in [0.25, 0.3) is 5.56 Å². The maximum atomic E-state index is 12.5. The second-order valence-corrected chi connectivity index (χ2v) is 6.03. The Hall–Kier alpha value is -3.81. The highest BCUT2D eigenvalue weighted by Gasteiger charge is 2.13. The summed E-state index contributed by atoms with van der Waals surface area (Å²) >= 11 is 0. The van der Waals surface area contributed by atoms with Crippen molar-refractivity contribution >= 4 is 11.6 Å². The number of ether oxygens (including phenoxy) is 3. The fourth-order valence-electron chi connectivity index (χ4n) is 2.80. The van der Waals surface area contributed by atoms with E-state index in [1.165, 1.54) is 20.3 Å². The number of benzene rings is 2. The van der Waals surface area contributed by atoms with Crippen LogP contribution in [0, 0.1) is 0 Å². The molecule has 1 N–H and O–H groups in total. The normalized spacial score (nSPS) is 10.3. The third-order valence-electron chi connectivity index (χ3n) is 4.22. The van der Waals surface area contributed by atoms with E-state index >= 15 is 0 Å². The average Bonchev–Trinajstić information content (AvgIpc) is 2.75. The standard InChI is InChI=1S/C21H21N3O5/c1-27-14-8-10-19(29-3)17(12-14)22-20(25)13-24-21(26)11-9-16(23-24)15-6-4-5-7-18(15)28-2/h4-12H,13H2,1-3H3,(H,22,25). The lowest BCUT2D eigenvalue weighted by molar-refractivity contribution is -0.117. The minimum absolute atomic E-state index is 0.262. The molecule has 0 aliphatic rings. The topological polar surface area (TPSA) is 91.7 Å². The van der Waals surface area contributed by atoms with Crippen LogP contribution in [0.1, 0.15) is 0 Å². The van der Waals surface area contributed by atoms with Crippen molar-refractivity contribution in [3.63, 3.8) is 0 Å². The Kier molecular flexibility index (Phi) is 6.13. The molecule has 8 heteroatoms. The van der Waals surface area contributed by atoms with Gasteiger partial charge in [0.1, 0.15) is 23.8 Å². The van der Waals surface area contributed by atoms with Crippen LogP contribution < -0.4 is 25.1 Å². The van der Waals surface area contributed by atoms with E-state index in [4.69, 9.17) is 14.2 Å². The predicted molar refractivity (Wildman–Crippen MR) is 109 cm³/mol. The third kappa shape index (κ3) is 4.55. The molecule has 0 spiro atoms. The van der Waals surface area contributed by atoms with Crippen molar-refractivity contribution in [1.29, 1.82) is 0 Å². The van der Waals surface area contributed by atoms with E-state index in [9.17, 15) is 9.59 Å². The lowest BCUT2D eigenvalue weighted by atomic mass is 10.1. The molecular formula is C21H21N3O5. The lowest BCUT2D eigenvalue weighted by Gasteiger charge is -2.13. The van der Waals surface area contributed by atoms with E-state index < -0.39 is 11.5 Å². The van der Waals surface area contributed by atoms with Crippen LogP contribution in [0.5, 0.6) is 17.2 Å². The Labute approximate surface area is 167 Å². The minimum atomic E-state index is -0.427. The maximum absolute atomic E-state index is 12.5. The number of hydrogen-bond donors (Lipinski definition) is 1. The van der Waals surface area contributed by atoms with Gasteiger partial charge in [0, 0.05) is 17.7 Å². The zero-order chi connectivity index (χ0) is 20.8. The number of anilines is 1. The Morgan fingerprint density at radius 2 is 1.72 bits per heavy atom. The number of hydrogen-bond acceptors (Lipinski definition) is 6. The molecule has 0 aliphatic heterocycles. The van der Waals surface area contributed by atoms with Crippen LogP contribution in [0.15, 0.2) is 59.4 Å². The van der Waals surface area contributed by atoms with Gasteiger partial charge in [-0.1, -0.05) is 12.1 Å². The SMILES string of the molecule is COc1ccc(OC)c(NC(=O)Cn2nc(-c3ccccc3OC)ccc2=O)c1. The average molecular weight is 395 g/mol. The molecule has 0 saturated heterocycles. The van der Waals surface area contributed by atoms with E-state index in [-0.39, 0.29) is 6.54 Å². The van der Waals surface area contributed by atoms with E-state index in [1.807, 2.05) is 18.2 Å². The highest BCUT2D eigenvalue weighted by molar-refractivity contribution is 5.92. The van der Waals surface area contributed by atoms with Gasteiger partial charge < -0.3 is 19.5 Å². The summed E-state index contributed by atoms with van der Waals surface area (Å²) in [6.07, 6.45) is 0. The van der Waals surface area contributed by atoms with Crippen LogP contribution in [0.4, 0.5) is 5.69 Å². The summed E-state index contributed by atoms with van der Waals surface area (Å²) in [7, 11) is 4.59. The van der Waals surface area contributed by atoms with Gasteiger partial charge in [-0.2, -0.15) is 5.10 Å². The molecule has 2 aromatic carbocycles. The van der Waals surface area contributed by atoms with E-state index in [2.05, 4.69) is 10.4 Å². The van der Waals surface area contributed by atoms with Crippen molar-refractivity contribution in [2.24, 2.45) is 0 Å². The van der Waals surface area contributed by atoms with Crippen LogP contribution in [0.25, 0.3) is 11.3 Å². The van der Waals surface area contributed by atoms with Crippen molar-refractivity contribution in [2.45, 2.75) is 6.54 Å². The number of methoxy groups -OCH3 is 3. The van der Waals surface area contributed by atoms with Crippen molar-refractivity contribution in [1.82, 2.24) is 9.78 Å². The van der Waals surface area contributed by atoms with Crippen molar-refractivity contribution in [2.75, 3.05) is 26.6 Å². The molecule has 0 radical (unpaired) electrons. The largest absolute Gasteiger partial charge is 0.497 e. The van der Waals surface area contributed by atoms with Gasteiger partial charge in [-0.25, -0.2) is 4.68 Å². The van der Waals surface area contributed by atoms with Crippen LogP contribution in [0.2, 0.25) is 0 Å². The number of carbonyl (C=O) groups excluding carboxylic acids is 1. The molecule has 1 aromatic heterocycles. The van der Waals surface area contributed by atoms with Crippen LogP contribution in [-0.2, 0) is 11.3 Å². The Morgan fingerprint density at radius 3 is 2.45 bits per heavy atom. The van der Waals surface area contributed by atoms with Gasteiger partial charge in [-0.15, -0.1) is 0 Å². The first-order valence-electron chi connectivity index (χ1n) is 8.79. The van der Waals surface area contributed by atoms with E-state index in [1.54, 1.807) is 37.4 Å². The summed E-state index contributed by atoms with van der Waals surface area (Å²) in [5.74, 6) is 1.23. The third-order valence-corrected chi connectivity index (χ3v) is 4.22. The molecule has 0 bridgehead atoms. The zero-order valence-corrected chi connectivity index (χ0v) is 16.3. The highest BCUT2D eigenvalue weighted by Crippen LogP contribution is 2.29. The summed E-state index contributed by atoms with van der Waals surface area (Å²) in [4.78, 5) is 24.8. The molecule has 0 atom stereocenters. The first-order valence-corrected chi connectivity index (χ1v) is 8.79. The summed E-state index contributed by atoms with van der Waals surface area (Å²) in [5.41, 5.74) is 1.29. The Morgan fingerprint density at radius 1 is 0.966 bits per heavy atom. The number of carbonyl (C=O) groups is 1. The van der Waals surface area contributed by atoms with Gasteiger partial charge in [0.2, 0.25) is 5.91 Å². The van der Waals surface area contributed by atoms with Crippen LogP contribution in [0.3, 0.4) is 0 Å². The summed E-state index contributed by atoms with van der Waals surface area (Å²) in [6.45, 7) is -0.262. The van der Waals surface area contributed by atoms with Gasteiger partial charge in [-0.3, -0.25) is 9.59 Å². The van der Waals surface area contributed by atoms with Crippen molar-refractivity contribution < 1.29 is 19.0 Å². The summed E-state index contributed by atoms with van der Waals surface area (Å²) < 4.78 is 16.9. The zero-order valence-electron chi connectivity index (χ0n) is 16.3. The molecule has 3 aromatic rings. The number of nitrogens with zero attached hydrogens (tertiary/aromatic N) is 2. The Balaban J connectivity index is 1.85. The smallest absolute Gasteiger partial charge is 0.267 e. The molecule has 0 fully saturated rings. The number of para-hydroxylation sites is 1. The number of aromatic nitrogens is 2. The van der Waals surface area contributed by atoms with E-state index in [0.29, 0.717) is 28.6 Å². The molecule has 0 saturated carbocycles. The Bertz CT molecular complexity index is 1080. The molecule has 0 aliphatic carbocycles. The second-order valence-electron chi connectivity index (χ2n) is 6.03. The highest BCUT2D eigenvalue weighted by atomic mass is 16.5. The predicted octanol–water partition coefficient (Wildman–Crippen LogP) is 2.57. The molecule has 150 valence electrons. The summed E-state index contributed by atoms with van der Waals surface area (Å²) in [5, 5.41) is 7.04. The fraction of sp³-hybridized carbons (Fsp3) is 0.190. The van der Waals surface area contributed by atoms with Crippen molar-refractivity contribution in [3.8, 4) is 28.5 Å². The van der Waals surface area contributed by atoms with Crippen LogP contribution >= 0.6 is 0 Å². The van der Waals surface area contributed by atoms with Gasteiger partial charge >= 0.3 is 0 Å². The van der Waals surface area contributed by atoms with Crippen LogP contribution in [-0.4, -0.2) is 37.0 Å². The molecule has 29 heavy (non-hydrogen) atoms. The van der Waals surface area contributed by atoms with Gasteiger partial charge in [-0.05, 0) is 30.3 Å². The van der Waals surface area contributed by atoms with Crippen molar-refractivity contribution in [3.05, 3.63) is 65.0 Å². The lowest BCUT2D eigenvalue weighted by Crippen LogP contribution is -2.29. The number of nitrogens with one attached hydrogen (secondary N) is 1. The fourth-order valence-corrected chi connectivity index (χ4v) is 2.80.